The van der Waals surface area contributed by atoms with Crippen molar-refractivity contribution in [2.24, 2.45) is 0 Å². The zero-order chi connectivity index (χ0) is 37.0. The molecule has 11 aromatic rings. The van der Waals surface area contributed by atoms with Gasteiger partial charge in [-0.05, 0) is 110 Å². The van der Waals surface area contributed by atoms with Crippen molar-refractivity contribution in [3.05, 3.63) is 212 Å². The Morgan fingerprint density at radius 2 is 0.732 bits per heavy atom. The van der Waals surface area contributed by atoms with Crippen molar-refractivity contribution in [3.8, 4) is 61.3 Å². The fourth-order valence-corrected chi connectivity index (χ4v) is 9.59. The SMILES string of the molecule is c1ccc(-c2ccc3c(c2)c2cc(-c4ccccc4)ccc2n3-c2ccc(-c3cccc(-c4ccc(-c5cccc6sc7ccccc7c56)cc4)c3)cc2)cc1. The molecule has 0 aliphatic heterocycles. The topological polar surface area (TPSA) is 4.93 Å². The molecule has 0 radical (unpaired) electrons. The van der Waals surface area contributed by atoms with Crippen molar-refractivity contribution in [3.63, 3.8) is 0 Å². The molecule has 262 valence electrons. The Morgan fingerprint density at radius 1 is 0.286 bits per heavy atom. The zero-order valence-corrected chi connectivity index (χ0v) is 31.4. The van der Waals surface area contributed by atoms with E-state index in [-0.39, 0.29) is 0 Å². The number of nitrogens with zero attached hydrogens (tertiary/aromatic N) is 1. The molecule has 2 heteroatoms. The molecule has 0 bridgehead atoms. The molecular weight excluding hydrogens is 695 g/mol. The van der Waals surface area contributed by atoms with E-state index < -0.39 is 0 Å². The molecular formula is C54H35NS. The average molecular weight is 730 g/mol. The Balaban J connectivity index is 0.944. The van der Waals surface area contributed by atoms with Crippen molar-refractivity contribution < 1.29 is 0 Å². The lowest BCUT2D eigenvalue weighted by Crippen LogP contribution is -1.94. The number of hydrogen-bond donors (Lipinski definition) is 0. The molecule has 0 amide bonds. The molecule has 0 saturated heterocycles. The van der Waals surface area contributed by atoms with E-state index in [0.29, 0.717) is 0 Å². The Bertz CT molecular complexity index is 3110. The maximum Gasteiger partial charge on any atom is 0.0541 e. The predicted octanol–water partition coefficient (Wildman–Crippen LogP) is 15.5. The van der Waals surface area contributed by atoms with E-state index in [1.165, 1.54) is 97.6 Å². The quantitative estimate of drug-likeness (QED) is 0.161. The lowest BCUT2D eigenvalue weighted by molar-refractivity contribution is 1.18. The number of fused-ring (bicyclic) bond motifs is 6. The third-order valence-corrected chi connectivity index (χ3v) is 12.4. The summed E-state index contributed by atoms with van der Waals surface area (Å²) in [6.07, 6.45) is 0. The van der Waals surface area contributed by atoms with Crippen LogP contribution in [0.4, 0.5) is 0 Å². The predicted molar refractivity (Wildman–Crippen MR) is 241 cm³/mol. The summed E-state index contributed by atoms with van der Waals surface area (Å²) in [6.45, 7) is 0. The fourth-order valence-electron chi connectivity index (χ4n) is 8.46. The van der Waals surface area contributed by atoms with Crippen LogP contribution >= 0.6 is 11.3 Å². The highest BCUT2D eigenvalue weighted by molar-refractivity contribution is 7.25. The van der Waals surface area contributed by atoms with Gasteiger partial charge in [-0.1, -0.05) is 158 Å². The van der Waals surface area contributed by atoms with E-state index >= 15 is 0 Å². The molecule has 9 aromatic carbocycles. The van der Waals surface area contributed by atoms with Gasteiger partial charge in [0, 0.05) is 36.6 Å². The summed E-state index contributed by atoms with van der Waals surface area (Å²) in [6, 6.07) is 77.6. The second-order valence-electron chi connectivity index (χ2n) is 14.5. The van der Waals surface area contributed by atoms with Crippen LogP contribution in [-0.2, 0) is 0 Å². The van der Waals surface area contributed by atoms with Crippen LogP contribution in [0.5, 0.6) is 0 Å². The van der Waals surface area contributed by atoms with Crippen LogP contribution in [0.2, 0.25) is 0 Å². The van der Waals surface area contributed by atoms with Gasteiger partial charge in [-0.2, -0.15) is 0 Å². The van der Waals surface area contributed by atoms with Crippen molar-refractivity contribution in [1.82, 2.24) is 4.57 Å². The van der Waals surface area contributed by atoms with E-state index in [1.807, 2.05) is 11.3 Å². The molecule has 0 aliphatic carbocycles. The number of aromatic nitrogens is 1. The molecule has 11 rings (SSSR count). The van der Waals surface area contributed by atoms with Gasteiger partial charge in [-0.3, -0.25) is 0 Å². The van der Waals surface area contributed by atoms with Gasteiger partial charge >= 0.3 is 0 Å². The molecule has 1 nitrogen and oxygen atoms in total. The Hall–Kier alpha value is -7.00. The Labute approximate surface area is 330 Å². The lowest BCUT2D eigenvalue weighted by Gasteiger charge is -2.11. The van der Waals surface area contributed by atoms with Crippen molar-refractivity contribution >= 4 is 53.3 Å². The number of hydrogen-bond acceptors (Lipinski definition) is 1. The van der Waals surface area contributed by atoms with E-state index in [4.69, 9.17) is 0 Å². The minimum Gasteiger partial charge on any atom is -0.309 e. The largest absolute Gasteiger partial charge is 0.309 e. The number of rotatable bonds is 6. The first kappa shape index (κ1) is 32.4. The van der Waals surface area contributed by atoms with Crippen LogP contribution in [-0.4, -0.2) is 4.57 Å². The van der Waals surface area contributed by atoms with Crippen LogP contribution in [0.3, 0.4) is 0 Å². The molecule has 2 heterocycles. The molecule has 0 fully saturated rings. The van der Waals surface area contributed by atoms with Gasteiger partial charge in [-0.25, -0.2) is 0 Å². The third-order valence-electron chi connectivity index (χ3n) is 11.2. The summed E-state index contributed by atoms with van der Waals surface area (Å²) in [7, 11) is 0. The molecule has 56 heavy (non-hydrogen) atoms. The third kappa shape index (κ3) is 5.54. The van der Waals surface area contributed by atoms with Gasteiger partial charge in [0.1, 0.15) is 0 Å². The molecule has 0 saturated carbocycles. The monoisotopic (exact) mass is 729 g/mol. The van der Waals surface area contributed by atoms with Crippen LogP contribution in [0.25, 0.3) is 103 Å². The first-order valence-corrected chi connectivity index (χ1v) is 20.0. The van der Waals surface area contributed by atoms with Crippen molar-refractivity contribution in [2.75, 3.05) is 0 Å². The summed E-state index contributed by atoms with van der Waals surface area (Å²) in [5.74, 6) is 0. The van der Waals surface area contributed by atoms with Gasteiger partial charge in [0.15, 0.2) is 0 Å². The van der Waals surface area contributed by atoms with Gasteiger partial charge in [0.2, 0.25) is 0 Å². The Kier molecular flexibility index (Phi) is 7.75. The average Bonchev–Trinajstić information content (AvgIpc) is 3.82. The molecule has 0 unspecified atom stereocenters. The maximum absolute atomic E-state index is 2.41. The van der Waals surface area contributed by atoms with E-state index in [2.05, 4.69) is 217 Å². The minimum absolute atomic E-state index is 1.15. The summed E-state index contributed by atoms with van der Waals surface area (Å²) >= 11 is 1.87. The van der Waals surface area contributed by atoms with Crippen molar-refractivity contribution in [2.45, 2.75) is 0 Å². The zero-order valence-electron chi connectivity index (χ0n) is 30.6. The van der Waals surface area contributed by atoms with Crippen LogP contribution in [0, 0.1) is 0 Å². The summed E-state index contributed by atoms with van der Waals surface area (Å²) in [5, 5.41) is 5.18. The standard InChI is InChI=1S/C54H35NS/c1-3-11-36(12-4-1)43-27-31-50-48(34-43)49-35-44(37-13-5-2-6-14-37)28-32-51(49)55(50)45-29-25-39(26-30-45)42-16-9-15-41(33-42)38-21-23-40(24-22-38)46-18-10-20-53-54(46)47-17-7-8-19-52(47)56-53/h1-35H. The van der Waals surface area contributed by atoms with Gasteiger partial charge < -0.3 is 4.57 Å². The second kappa shape index (κ2) is 13.4. The molecule has 0 aliphatic rings. The van der Waals surface area contributed by atoms with E-state index in [1.54, 1.807) is 0 Å². The Morgan fingerprint density at radius 3 is 1.36 bits per heavy atom. The smallest absolute Gasteiger partial charge is 0.0541 e. The highest BCUT2D eigenvalue weighted by atomic mass is 32.1. The lowest BCUT2D eigenvalue weighted by atomic mass is 9.95. The van der Waals surface area contributed by atoms with Gasteiger partial charge in [0.05, 0.1) is 11.0 Å². The van der Waals surface area contributed by atoms with Crippen LogP contribution < -0.4 is 0 Å². The molecule has 0 spiro atoms. The highest BCUT2D eigenvalue weighted by Gasteiger charge is 2.16. The molecule has 2 aromatic heterocycles. The first-order valence-electron chi connectivity index (χ1n) is 19.2. The van der Waals surface area contributed by atoms with Crippen LogP contribution in [0.1, 0.15) is 0 Å². The maximum atomic E-state index is 2.41. The molecule has 0 atom stereocenters. The summed E-state index contributed by atoms with van der Waals surface area (Å²) < 4.78 is 5.08. The van der Waals surface area contributed by atoms with Gasteiger partial charge in [0.25, 0.3) is 0 Å². The number of benzene rings is 9. The van der Waals surface area contributed by atoms with E-state index in [0.717, 1.165) is 5.69 Å². The summed E-state index contributed by atoms with van der Waals surface area (Å²) in [5.41, 5.74) is 15.8. The van der Waals surface area contributed by atoms with Crippen molar-refractivity contribution in [1.29, 1.82) is 0 Å². The first-order chi connectivity index (χ1) is 27.7. The fraction of sp³-hybridized carbons (Fsp3) is 0. The highest BCUT2D eigenvalue weighted by Crippen LogP contribution is 2.41. The second-order valence-corrected chi connectivity index (χ2v) is 15.6. The molecule has 0 N–H and O–H groups in total. The van der Waals surface area contributed by atoms with Crippen LogP contribution in [0.15, 0.2) is 212 Å². The minimum atomic E-state index is 1.15. The number of thiophene rings is 1. The van der Waals surface area contributed by atoms with Gasteiger partial charge in [-0.15, -0.1) is 11.3 Å². The normalized spacial score (nSPS) is 11.6. The van der Waals surface area contributed by atoms with E-state index in [9.17, 15) is 0 Å². The summed E-state index contributed by atoms with van der Waals surface area (Å²) in [4.78, 5) is 0.